The van der Waals surface area contributed by atoms with Crippen LogP contribution in [0.3, 0.4) is 0 Å². The zero-order valence-corrected chi connectivity index (χ0v) is 16.7. The summed E-state index contributed by atoms with van der Waals surface area (Å²) < 4.78 is 16.7. The number of ether oxygens (including phenoxy) is 3. The van der Waals surface area contributed by atoms with Crippen molar-refractivity contribution in [1.82, 2.24) is 9.97 Å². The smallest absolute Gasteiger partial charge is 0.322 e. The fourth-order valence-electron chi connectivity index (χ4n) is 2.97. The molecule has 1 aliphatic heterocycles. The topological polar surface area (TPSA) is 82.6 Å². The molecule has 30 heavy (non-hydrogen) atoms. The third-order valence-corrected chi connectivity index (χ3v) is 4.29. The summed E-state index contributed by atoms with van der Waals surface area (Å²) in [6.07, 6.45) is 3.20. The van der Waals surface area contributed by atoms with Crippen LogP contribution in [-0.4, -0.2) is 29.1 Å². The molecular weight excluding hydrogens is 382 g/mol. The molecule has 0 radical (unpaired) electrons. The number of carbonyl (C=O) groups excluding carboxylic acids is 1. The molecule has 7 nitrogen and oxygen atoms in total. The van der Waals surface area contributed by atoms with Crippen molar-refractivity contribution >= 4 is 17.7 Å². The molecule has 1 aromatic heterocycles. The lowest BCUT2D eigenvalue weighted by Crippen LogP contribution is -2.15. The van der Waals surface area contributed by atoms with Crippen LogP contribution < -0.4 is 19.5 Å². The molecule has 0 atom stereocenters. The summed E-state index contributed by atoms with van der Waals surface area (Å²) in [6, 6.07) is 14.8. The number of fused-ring (bicyclic) bond motifs is 1. The number of hydrogen-bond acceptors (Lipinski definition) is 6. The van der Waals surface area contributed by atoms with Crippen LogP contribution in [0.15, 0.2) is 54.6 Å². The fraction of sp³-hybridized carbons (Fsp3) is 0.174. The Hall–Kier alpha value is -3.87. The summed E-state index contributed by atoms with van der Waals surface area (Å²) in [7, 11) is 0. The second kappa shape index (κ2) is 8.65. The monoisotopic (exact) mass is 403 g/mol. The summed E-state index contributed by atoms with van der Waals surface area (Å²) in [4.78, 5) is 20.7. The van der Waals surface area contributed by atoms with Crippen molar-refractivity contribution in [2.75, 3.05) is 18.5 Å². The maximum Gasteiger partial charge on any atom is 0.322 e. The first-order valence-electron chi connectivity index (χ1n) is 9.54. The molecule has 0 aliphatic carbocycles. The summed E-state index contributed by atoms with van der Waals surface area (Å²) in [5.74, 6) is 1.75. The minimum absolute atomic E-state index is 0.240. The molecule has 3 aromatic rings. The first-order valence-corrected chi connectivity index (χ1v) is 9.54. The number of carbonyl (C=O) groups is 1. The molecule has 0 unspecified atom stereocenters. The molecule has 2 heterocycles. The van der Waals surface area contributed by atoms with E-state index >= 15 is 0 Å². The van der Waals surface area contributed by atoms with E-state index < -0.39 is 0 Å². The molecule has 152 valence electrons. The highest BCUT2D eigenvalue weighted by Gasteiger charge is 2.11. The van der Waals surface area contributed by atoms with Crippen LogP contribution in [0.1, 0.15) is 17.0 Å². The Balaban J connectivity index is 1.36. The van der Waals surface area contributed by atoms with Gasteiger partial charge in [-0.25, -0.2) is 9.97 Å². The lowest BCUT2D eigenvalue weighted by Gasteiger charge is -2.18. The van der Waals surface area contributed by atoms with Crippen molar-refractivity contribution in [3.05, 3.63) is 71.6 Å². The number of nitrogens with zero attached hydrogens (tertiary/aromatic N) is 2. The average molecular weight is 403 g/mol. The Morgan fingerprint density at radius 2 is 1.67 bits per heavy atom. The van der Waals surface area contributed by atoms with Crippen LogP contribution in [0.4, 0.5) is 5.69 Å². The standard InChI is InChI=1S/C23H21N3O4/c1-15-13-16(2)25-23(24-15)30-19-7-5-18(6-8-19)26-22(27)10-4-17-3-9-20-21(14-17)29-12-11-28-20/h3-10,13-14H,11-12H2,1-2H3,(H,26,27)/b10-4-. The van der Waals surface area contributed by atoms with Gasteiger partial charge in [0.2, 0.25) is 5.91 Å². The Kier molecular flexibility index (Phi) is 5.61. The molecule has 0 bridgehead atoms. The maximum absolute atomic E-state index is 12.2. The van der Waals surface area contributed by atoms with Gasteiger partial charge in [-0.2, -0.15) is 0 Å². The highest BCUT2D eigenvalue weighted by Crippen LogP contribution is 2.31. The van der Waals surface area contributed by atoms with Crippen LogP contribution in [0.25, 0.3) is 6.08 Å². The molecule has 0 saturated carbocycles. The van der Waals surface area contributed by atoms with Crippen molar-refractivity contribution in [3.63, 3.8) is 0 Å². The van der Waals surface area contributed by atoms with Crippen molar-refractivity contribution in [1.29, 1.82) is 0 Å². The van der Waals surface area contributed by atoms with E-state index in [4.69, 9.17) is 14.2 Å². The van der Waals surface area contributed by atoms with E-state index in [-0.39, 0.29) is 5.91 Å². The number of aryl methyl sites for hydroxylation is 2. The van der Waals surface area contributed by atoms with Gasteiger partial charge in [0.1, 0.15) is 19.0 Å². The van der Waals surface area contributed by atoms with Crippen LogP contribution in [0.2, 0.25) is 0 Å². The van der Waals surface area contributed by atoms with E-state index in [9.17, 15) is 4.79 Å². The second-order valence-corrected chi connectivity index (χ2v) is 6.79. The third-order valence-electron chi connectivity index (χ3n) is 4.29. The van der Waals surface area contributed by atoms with Gasteiger partial charge >= 0.3 is 6.01 Å². The number of benzene rings is 2. The molecule has 0 fully saturated rings. The van der Waals surface area contributed by atoms with E-state index in [0.717, 1.165) is 22.7 Å². The van der Waals surface area contributed by atoms with Gasteiger partial charge in [0, 0.05) is 23.2 Å². The quantitative estimate of drug-likeness (QED) is 0.639. The van der Waals surface area contributed by atoms with Crippen molar-refractivity contribution in [2.24, 2.45) is 0 Å². The van der Waals surface area contributed by atoms with Gasteiger partial charge in [0.25, 0.3) is 0 Å². The minimum Gasteiger partial charge on any atom is -0.486 e. The minimum atomic E-state index is -0.240. The Bertz CT molecular complexity index is 1070. The van der Waals surface area contributed by atoms with Crippen LogP contribution in [0.5, 0.6) is 23.3 Å². The van der Waals surface area contributed by atoms with Crippen molar-refractivity contribution in [3.8, 4) is 23.3 Å². The highest BCUT2D eigenvalue weighted by molar-refractivity contribution is 6.02. The maximum atomic E-state index is 12.2. The van der Waals surface area contributed by atoms with Crippen molar-refractivity contribution in [2.45, 2.75) is 13.8 Å². The summed E-state index contributed by atoms with van der Waals surface area (Å²) in [5, 5.41) is 2.82. The zero-order chi connectivity index (χ0) is 20.9. The van der Waals surface area contributed by atoms with Crippen LogP contribution in [0, 0.1) is 13.8 Å². The lowest BCUT2D eigenvalue weighted by atomic mass is 10.2. The van der Waals surface area contributed by atoms with Gasteiger partial charge in [-0.1, -0.05) is 6.07 Å². The van der Waals surface area contributed by atoms with E-state index in [1.54, 1.807) is 30.3 Å². The van der Waals surface area contributed by atoms with Crippen molar-refractivity contribution < 1.29 is 19.0 Å². The zero-order valence-electron chi connectivity index (χ0n) is 16.7. The first kappa shape index (κ1) is 19.4. The summed E-state index contributed by atoms with van der Waals surface area (Å²) in [5.41, 5.74) is 3.18. The van der Waals surface area contributed by atoms with E-state index in [2.05, 4.69) is 15.3 Å². The normalized spacial score (nSPS) is 12.6. The van der Waals surface area contributed by atoms with Gasteiger partial charge in [-0.3, -0.25) is 4.79 Å². The molecule has 7 heteroatoms. The number of amides is 1. The Labute approximate surface area is 174 Å². The molecule has 1 N–H and O–H groups in total. The first-order chi connectivity index (χ1) is 14.5. The number of hydrogen-bond donors (Lipinski definition) is 1. The van der Waals surface area contributed by atoms with Gasteiger partial charge in [0.05, 0.1) is 0 Å². The highest BCUT2D eigenvalue weighted by atomic mass is 16.6. The molecule has 0 saturated heterocycles. The largest absolute Gasteiger partial charge is 0.486 e. The molecular formula is C23H21N3O4. The van der Waals surface area contributed by atoms with Crippen LogP contribution in [-0.2, 0) is 4.79 Å². The SMILES string of the molecule is Cc1cc(C)nc(Oc2ccc(NC(=O)/C=C\c3ccc4c(c3)OCCO4)cc2)n1. The fourth-order valence-corrected chi connectivity index (χ4v) is 2.97. The number of nitrogens with one attached hydrogen (secondary N) is 1. The van der Waals surface area contributed by atoms with Gasteiger partial charge < -0.3 is 19.5 Å². The predicted octanol–water partition coefficient (Wildman–Crippen LogP) is 4.31. The van der Waals surface area contributed by atoms with Gasteiger partial charge in [-0.15, -0.1) is 0 Å². The van der Waals surface area contributed by atoms with E-state index in [1.807, 2.05) is 38.1 Å². The molecule has 1 amide bonds. The average Bonchev–Trinajstić information content (AvgIpc) is 2.73. The Morgan fingerprint density at radius 3 is 2.40 bits per heavy atom. The summed E-state index contributed by atoms with van der Waals surface area (Å²) >= 11 is 0. The third kappa shape index (κ3) is 4.94. The number of rotatable bonds is 5. The van der Waals surface area contributed by atoms with Gasteiger partial charge in [0.15, 0.2) is 11.5 Å². The summed E-state index contributed by atoms with van der Waals surface area (Å²) in [6.45, 7) is 4.85. The molecule has 2 aromatic carbocycles. The predicted molar refractivity (Wildman–Crippen MR) is 113 cm³/mol. The molecule has 0 spiro atoms. The number of aromatic nitrogens is 2. The second-order valence-electron chi connectivity index (χ2n) is 6.79. The lowest BCUT2D eigenvalue weighted by molar-refractivity contribution is -0.111. The van der Waals surface area contributed by atoms with Crippen LogP contribution >= 0.6 is 0 Å². The molecule has 4 rings (SSSR count). The van der Waals surface area contributed by atoms with Gasteiger partial charge in [-0.05, 0) is 68.0 Å². The Morgan fingerprint density at radius 1 is 0.967 bits per heavy atom. The van der Waals surface area contributed by atoms with E-state index in [1.165, 1.54) is 6.08 Å². The molecule has 1 aliphatic rings. The van der Waals surface area contributed by atoms with E-state index in [0.29, 0.717) is 36.4 Å². The number of anilines is 1.